The van der Waals surface area contributed by atoms with Gasteiger partial charge in [0.15, 0.2) is 0 Å². The van der Waals surface area contributed by atoms with Crippen molar-refractivity contribution in [2.75, 3.05) is 0 Å². The molecule has 0 fully saturated rings. The molecule has 0 spiro atoms. The Balaban J connectivity index is 3.41. The second-order valence-corrected chi connectivity index (χ2v) is 5.56. The van der Waals surface area contributed by atoms with Gasteiger partial charge < -0.3 is 0 Å². The molecule has 106 valence electrons. The van der Waals surface area contributed by atoms with Gasteiger partial charge in [0.2, 0.25) is 0 Å². The van der Waals surface area contributed by atoms with Gasteiger partial charge in [-0.25, -0.2) is 0 Å². The standard InChI is InChI=1S/C18H34/c1-5-7-8-9-10-11-12-13-14-15-18(4)16-17(3)6-2/h15-16H,5-14H2,1-4H3. The fraction of sp³-hybridized carbons (Fsp3) is 0.778. The predicted octanol–water partition coefficient (Wildman–Crippen LogP) is 6.82. The molecule has 0 saturated carbocycles. The van der Waals surface area contributed by atoms with Gasteiger partial charge in [-0.2, -0.15) is 0 Å². The van der Waals surface area contributed by atoms with E-state index >= 15 is 0 Å². The molecule has 0 atom stereocenters. The van der Waals surface area contributed by atoms with E-state index in [0.29, 0.717) is 0 Å². The van der Waals surface area contributed by atoms with Crippen LogP contribution in [0.1, 0.15) is 91.9 Å². The molecule has 0 aliphatic heterocycles. The highest BCUT2D eigenvalue weighted by atomic mass is 14.0. The summed E-state index contributed by atoms with van der Waals surface area (Å²) in [4.78, 5) is 0. The minimum absolute atomic E-state index is 1.17. The van der Waals surface area contributed by atoms with E-state index < -0.39 is 0 Å². The lowest BCUT2D eigenvalue weighted by molar-refractivity contribution is 0.577. The minimum atomic E-state index is 1.17. The lowest BCUT2D eigenvalue weighted by Gasteiger charge is -2.01. The van der Waals surface area contributed by atoms with Crippen molar-refractivity contribution >= 4 is 0 Å². The highest BCUT2D eigenvalue weighted by Crippen LogP contribution is 2.11. The smallest absolute Gasteiger partial charge is 0.0345 e. The first-order chi connectivity index (χ1) is 8.70. The van der Waals surface area contributed by atoms with Gasteiger partial charge >= 0.3 is 0 Å². The first-order valence-corrected chi connectivity index (χ1v) is 8.04. The lowest BCUT2D eigenvalue weighted by atomic mass is 10.1. The highest BCUT2D eigenvalue weighted by molar-refractivity contribution is 5.20. The summed E-state index contributed by atoms with van der Waals surface area (Å²) in [7, 11) is 0. The van der Waals surface area contributed by atoms with Crippen LogP contribution in [0.15, 0.2) is 23.3 Å². The SMILES string of the molecule is CCCCCCCCCCC=C(C)C=C(C)CC. The van der Waals surface area contributed by atoms with Gasteiger partial charge in [-0.05, 0) is 33.1 Å². The zero-order chi connectivity index (χ0) is 13.6. The molecular weight excluding hydrogens is 216 g/mol. The van der Waals surface area contributed by atoms with Crippen LogP contribution < -0.4 is 0 Å². The number of unbranched alkanes of at least 4 members (excludes halogenated alkanes) is 8. The van der Waals surface area contributed by atoms with Gasteiger partial charge in [-0.1, -0.05) is 82.1 Å². The molecule has 0 aliphatic rings. The summed E-state index contributed by atoms with van der Waals surface area (Å²) in [6.07, 6.45) is 18.5. The van der Waals surface area contributed by atoms with Crippen molar-refractivity contribution in [3.8, 4) is 0 Å². The third-order valence-corrected chi connectivity index (χ3v) is 3.56. The van der Waals surface area contributed by atoms with Crippen molar-refractivity contribution in [1.29, 1.82) is 0 Å². The van der Waals surface area contributed by atoms with Gasteiger partial charge in [0.05, 0.1) is 0 Å². The van der Waals surface area contributed by atoms with Gasteiger partial charge in [0.25, 0.3) is 0 Å². The average molecular weight is 250 g/mol. The minimum Gasteiger partial charge on any atom is -0.0816 e. The highest BCUT2D eigenvalue weighted by Gasteiger charge is 1.91. The molecule has 0 bridgehead atoms. The third kappa shape index (κ3) is 12.0. The molecule has 0 heteroatoms. The zero-order valence-electron chi connectivity index (χ0n) is 13.2. The molecule has 0 heterocycles. The number of rotatable bonds is 11. The van der Waals surface area contributed by atoms with Gasteiger partial charge in [0, 0.05) is 0 Å². The van der Waals surface area contributed by atoms with Crippen molar-refractivity contribution < 1.29 is 0 Å². The molecule has 0 N–H and O–H groups in total. The molecule has 0 saturated heterocycles. The maximum absolute atomic E-state index is 2.40. The van der Waals surface area contributed by atoms with Crippen molar-refractivity contribution in [2.45, 2.75) is 91.9 Å². The van der Waals surface area contributed by atoms with Crippen LogP contribution in [-0.4, -0.2) is 0 Å². The summed E-state index contributed by atoms with van der Waals surface area (Å²) >= 11 is 0. The van der Waals surface area contributed by atoms with Crippen LogP contribution in [-0.2, 0) is 0 Å². The maximum atomic E-state index is 2.40. The Morgan fingerprint density at radius 3 is 1.89 bits per heavy atom. The molecule has 0 aliphatic carbocycles. The summed E-state index contributed by atoms with van der Waals surface area (Å²) in [6.45, 7) is 8.94. The van der Waals surface area contributed by atoms with Gasteiger partial charge in [-0.15, -0.1) is 0 Å². The molecule has 0 nitrogen and oxygen atoms in total. The summed E-state index contributed by atoms with van der Waals surface area (Å²) in [5.41, 5.74) is 2.93. The third-order valence-electron chi connectivity index (χ3n) is 3.56. The van der Waals surface area contributed by atoms with Crippen LogP contribution in [0.5, 0.6) is 0 Å². The van der Waals surface area contributed by atoms with Gasteiger partial charge in [0.1, 0.15) is 0 Å². The Labute approximate surface area is 116 Å². The Kier molecular flexibility index (Phi) is 12.6. The Morgan fingerprint density at radius 1 is 0.778 bits per heavy atom. The Hall–Kier alpha value is -0.520. The summed E-state index contributed by atoms with van der Waals surface area (Å²) < 4.78 is 0. The van der Waals surface area contributed by atoms with E-state index in [0.717, 1.165) is 0 Å². The Bertz CT molecular complexity index is 232. The summed E-state index contributed by atoms with van der Waals surface area (Å²) in [5.74, 6) is 0. The van der Waals surface area contributed by atoms with Gasteiger partial charge in [-0.3, -0.25) is 0 Å². The van der Waals surface area contributed by atoms with Crippen LogP contribution >= 0.6 is 0 Å². The van der Waals surface area contributed by atoms with Crippen molar-refractivity contribution in [3.05, 3.63) is 23.3 Å². The van der Waals surface area contributed by atoms with Crippen LogP contribution in [0.25, 0.3) is 0 Å². The average Bonchev–Trinajstić information content (AvgIpc) is 2.36. The van der Waals surface area contributed by atoms with E-state index in [-0.39, 0.29) is 0 Å². The molecule has 0 radical (unpaired) electrons. The lowest BCUT2D eigenvalue weighted by Crippen LogP contribution is -1.81. The number of hydrogen-bond donors (Lipinski definition) is 0. The first kappa shape index (κ1) is 17.5. The van der Waals surface area contributed by atoms with Crippen molar-refractivity contribution in [1.82, 2.24) is 0 Å². The normalized spacial score (nSPS) is 13.1. The molecule has 0 aromatic carbocycles. The van der Waals surface area contributed by atoms with E-state index in [1.807, 2.05) is 0 Å². The van der Waals surface area contributed by atoms with E-state index in [4.69, 9.17) is 0 Å². The molecule has 18 heavy (non-hydrogen) atoms. The first-order valence-electron chi connectivity index (χ1n) is 8.04. The second kappa shape index (κ2) is 12.9. The van der Waals surface area contributed by atoms with E-state index in [1.165, 1.54) is 75.4 Å². The molecule has 0 rings (SSSR count). The fourth-order valence-electron chi connectivity index (χ4n) is 2.16. The van der Waals surface area contributed by atoms with E-state index in [1.54, 1.807) is 0 Å². The fourth-order valence-corrected chi connectivity index (χ4v) is 2.16. The molecule has 0 unspecified atom stereocenters. The molecular formula is C18H34. The van der Waals surface area contributed by atoms with E-state index in [2.05, 4.69) is 39.8 Å². The van der Waals surface area contributed by atoms with Crippen LogP contribution in [0.4, 0.5) is 0 Å². The topological polar surface area (TPSA) is 0 Å². The maximum Gasteiger partial charge on any atom is -0.0345 e. The molecule has 0 aromatic rings. The number of hydrogen-bond acceptors (Lipinski definition) is 0. The number of allylic oxidation sites excluding steroid dienone is 4. The van der Waals surface area contributed by atoms with Crippen LogP contribution in [0.2, 0.25) is 0 Å². The molecule has 0 amide bonds. The zero-order valence-corrected chi connectivity index (χ0v) is 13.2. The monoisotopic (exact) mass is 250 g/mol. The molecule has 0 aromatic heterocycles. The van der Waals surface area contributed by atoms with Crippen molar-refractivity contribution in [3.63, 3.8) is 0 Å². The van der Waals surface area contributed by atoms with E-state index in [9.17, 15) is 0 Å². The van der Waals surface area contributed by atoms with Crippen LogP contribution in [0, 0.1) is 0 Å². The summed E-state index contributed by atoms with van der Waals surface area (Å²) in [5, 5.41) is 0. The second-order valence-electron chi connectivity index (χ2n) is 5.56. The predicted molar refractivity (Wildman–Crippen MR) is 85.0 cm³/mol. The summed E-state index contributed by atoms with van der Waals surface area (Å²) in [6, 6.07) is 0. The van der Waals surface area contributed by atoms with Crippen LogP contribution in [0.3, 0.4) is 0 Å². The van der Waals surface area contributed by atoms with Crippen molar-refractivity contribution in [2.24, 2.45) is 0 Å². The quantitative estimate of drug-likeness (QED) is 0.279. The Morgan fingerprint density at radius 2 is 1.33 bits per heavy atom. The largest absolute Gasteiger partial charge is 0.0816 e.